The van der Waals surface area contributed by atoms with Crippen molar-refractivity contribution in [1.82, 2.24) is 10.2 Å². The zero-order valence-corrected chi connectivity index (χ0v) is 17.3. The Morgan fingerprint density at radius 1 is 1.23 bits per heavy atom. The minimum atomic E-state index is -0.376. The van der Waals surface area contributed by atoms with E-state index < -0.39 is 0 Å². The highest BCUT2D eigenvalue weighted by Gasteiger charge is 2.41. The Balaban J connectivity index is 2.14. The predicted octanol–water partition coefficient (Wildman–Crippen LogP) is 4.23. The second kappa shape index (κ2) is 10.0. The average molecular weight is 377 g/mol. The van der Waals surface area contributed by atoms with E-state index in [0.717, 1.165) is 31.2 Å². The molecule has 26 heavy (non-hydrogen) atoms. The van der Waals surface area contributed by atoms with Crippen LogP contribution in [0.3, 0.4) is 0 Å². The van der Waals surface area contributed by atoms with E-state index in [1.807, 2.05) is 36.1 Å². The Kier molecular flexibility index (Phi) is 8.01. The molecule has 0 radical (unpaired) electrons. The second-order valence-electron chi connectivity index (χ2n) is 7.51. The van der Waals surface area contributed by atoms with Gasteiger partial charge in [-0.15, -0.1) is 11.8 Å². The minimum absolute atomic E-state index is 0.0136. The number of thioether (sulfide) groups is 1. The highest BCUT2D eigenvalue weighted by atomic mass is 32.2. The van der Waals surface area contributed by atoms with Gasteiger partial charge in [-0.05, 0) is 37.8 Å². The fraction of sp³-hybridized carbons (Fsp3) is 0.619. The molecule has 4 nitrogen and oxygen atoms in total. The molecule has 1 aromatic rings. The first kappa shape index (κ1) is 20.8. The van der Waals surface area contributed by atoms with Crippen LogP contribution in [-0.4, -0.2) is 40.4 Å². The first-order valence-electron chi connectivity index (χ1n) is 9.72. The number of unbranched alkanes of at least 4 members (excludes halogenated alkanes) is 2. The van der Waals surface area contributed by atoms with Crippen molar-refractivity contribution in [2.45, 2.75) is 64.8 Å². The van der Waals surface area contributed by atoms with Gasteiger partial charge in [0.25, 0.3) is 5.91 Å². The maximum Gasteiger partial charge on any atom is 0.255 e. The van der Waals surface area contributed by atoms with Crippen molar-refractivity contribution in [3.63, 3.8) is 0 Å². The summed E-state index contributed by atoms with van der Waals surface area (Å²) in [4.78, 5) is 27.7. The number of aryl methyl sites for hydroxylation is 1. The molecule has 0 saturated carbocycles. The molecule has 5 heteroatoms. The lowest BCUT2D eigenvalue weighted by Crippen LogP contribution is -2.50. The summed E-state index contributed by atoms with van der Waals surface area (Å²) in [5.41, 5.74) is 1.79. The number of carbonyl (C=O) groups excluding carboxylic acids is 2. The SMILES string of the molecule is CCCCCNC(=O)C1CSC(CC(C)C)N1C(=O)c1ccc(C)cc1. The molecule has 1 fully saturated rings. The average Bonchev–Trinajstić information content (AvgIpc) is 3.01. The number of nitrogens with one attached hydrogen (secondary N) is 1. The van der Waals surface area contributed by atoms with Gasteiger partial charge in [0, 0.05) is 17.9 Å². The van der Waals surface area contributed by atoms with Crippen LogP contribution >= 0.6 is 11.8 Å². The zero-order valence-electron chi connectivity index (χ0n) is 16.5. The lowest BCUT2D eigenvalue weighted by atomic mass is 10.1. The van der Waals surface area contributed by atoms with Gasteiger partial charge in [-0.3, -0.25) is 9.59 Å². The monoisotopic (exact) mass is 376 g/mol. The Morgan fingerprint density at radius 2 is 1.92 bits per heavy atom. The van der Waals surface area contributed by atoms with Gasteiger partial charge < -0.3 is 10.2 Å². The van der Waals surface area contributed by atoms with Crippen molar-refractivity contribution in [2.24, 2.45) is 5.92 Å². The number of benzene rings is 1. The van der Waals surface area contributed by atoms with Crippen LogP contribution in [0, 0.1) is 12.8 Å². The van der Waals surface area contributed by atoms with Crippen molar-refractivity contribution < 1.29 is 9.59 Å². The summed E-state index contributed by atoms with van der Waals surface area (Å²) in [6.45, 7) is 9.16. The van der Waals surface area contributed by atoms with Crippen molar-refractivity contribution in [3.8, 4) is 0 Å². The molecule has 1 N–H and O–H groups in total. The molecular formula is C21H32N2O2S. The predicted molar refractivity (Wildman–Crippen MR) is 109 cm³/mol. The van der Waals surface area contributed by atoms with Crippen molar-refractivity contribution in [2.75, 3.05) is 12.3 Å². The fourth-order valence-electron chi connectivity index (χ4n) is 3.17. The van der Waals surface area contributed by atoms with Crippen LogP contribution in [0.5, 0.6) is 0 Å². The van der Waals surface area contributed by atoms with Crippen LogP contribution in [0.2, 0.25) is 0 Å². The van der Waals surface area contributed by atoms with E-state index in [9.17, 15) is 9.59 Å². The van der Waals surface area contributed by atoms with Crippen LogP contribution in [0.15, 0.2) is 24.3 Å². The van der Waals surface area contributed by atoms with E-state index in [-0.39, 0.29) is 23.2 Å². The zero-order chi connectivity index (χ0) is 19.1. The summed E-state index contributed by atoms with van der Waals surface area (Å²) in [5.74, 6) is 1.11. The highest BCUT2D eigenvalue weighted by molar-refractivity contribution is 8.00. The van der Waals surface area contributed by atoms with Gasteiger partial charge in [-0.25, -0.2) is 0 Å². The van der Waals surface area contributed by atoms with E-state index >= 15 is 0 Å². The summed E-state index contributed by atoms with van der Waals surface area (Å²) in [6.07, 6.45) is 4.14. The molecule has 2 rings (SSSR count). The number of amides is 2. The first-order valence-corrected chi connectivity index (χ1v) is 10.8. The van der Waals surface area contributed by atoms with Crippen molar-refractivity contribution in [1.29, 1.82) is 0 Å². The number of hydrogen-bond donors (Lipinski definition) is 1. The molecule has 1 aromatic carbocycles. The lowest BCUT2D eigenvalue weighted by molar-refractivity contribution is -0.124. The van der Waals surface area contributed by atoms with Crippen LogP contribution in [0.4, 0.5) is 0 Å². The topological polar surface area (TPSA) is 49.4 Å². The van der Waals surface area contributed by atoms with Crippen LogP contribution in [0.1, 0.15) is 62.4 Å². The molecule has 1 aliphatic heterocycles. The Labute approximate surface area is 162 Å². The van der Waals surface area contributed by atoms with E-state index in [4.69, 9.17) is 0 Å². The van der Waals surface area contributed by atoms with Gasteiger partial charge in [-0.1, -0.05) is 51.3 Å². The Bertz CT molecular complexity index is 601. The maximum absolute atomic E-state index is 13.2. The molecule has 0 bridgehead atoms. The first-order chi connectivity index (χ1) is 12.4. The molecule has 2 unspecified atom stereocenters. The molecule has 2 amide bonds. The van der Waals surface area contributed by atoms with E-state index in [0.29, 0.717) is 23.8 Å². The van der Waals surface area contributed by atoms with Gasteiger partial charge in [-0.2, -0.15) is 0 Å². The van der Waals surface area contributed by atoms with Gasteiger partial charge in [0.05, 0.1) is 5.37 Å². The van der Waals surface area contributed by atoms with E-state index in [1.165, 1.54) is 0 Å². The quantitative estimate of drug-likeness (QED) is 0.691. The maximum atomic E-state index is 13.2. The Hall–Kier alpha value is -1.49. The highest BCUT2D eigenvalue weighted by Crippen LogP contribution is 2.34. The summed E-state index contributed by atoms with van der Waals surface area (Å²) in [5, 5.41) is 3.10. The van der Waals surface area contributed by atoms with Crippen LogP contribution in [-0.2, 0) is 4.79 Å². The molecule has 1 heterocycles. The van der Waals surface area contributed by atoms with Crippen molar-refractivity contribution in [3.05, 3.63) is 35.4 Å². The number of carbonyl (C=O) groups is 2. The normalized spacial score (nSPS) is 19.8. The largest absolute Gasteiger partial charge is 0.354 e. The standard InChI is InChI=1S/C21H32N2O2S/c1-5-6-7-12-22-20(24)18-14-26-19(13-15(2)3)23(18)21(25)17-10-8-16(4)9-11-17/h8-11,15,18-19H,5-7,12-14H2,1-4H3,(H,22,24). The van der Waals surface area contributed by atoms with E-state index in [1.54, 1.807) is 11.8 Å². The summed E-state index contributed by atoms with van der Waals surface area (Å²) in [6, 6.07) is 7.26. The van der Waals surface area contributed by atoms with Gasteiger partial charge in [0.15, 0.2) is 0 Å². The van der Waals surface area contributed by atoms with Gasteiger partial charge in [0.2, 0.25) is 5.91 Å². The summed E-state index contributed by atoms with van der Waals surface area (Å²) in [7, 11) is 0. The third-order valence-electron chi connectivity index (χ3n) is 4.68. The molecule has 0 aliphatic carbocycles. The molecule has 0 aromatic heterocycles. The Morgan fingerprint density at radius 3 is 2.54 bits per heavy atom. The molecule has 144 valence electrons. The smallest absolute Gasteiger partial charge is 0.255 e. The summed E-state index contributed by atoms with van der Waals surface area (Å²) >= 11 is 1.73. The van der Waals surface area contributed by atoms with Crippen LogP contribution < -0.4 is 5.32 Å². The minimum Gasteiger partial charge on any atom is -0.354 e. The molecular weight excluding hydrogens is 344 g/mol. The number of hydrogen-bond acceptors (Lipinski definition) is 3. The third kappa shape index (κ3) is 5.50. The summed E-state index contributed by atoms with van der Waals surface area (Å²) < 4.78 is 0. The van der Waals surface area contributed by atoms with Gasteiger partial charge >= 0.3 is 0 Å². The number of nitrogens with zero attached hydrogens (tertiary/aromatic N) is 1. The van der Waals surface area contributed by atoms with Gasteiger partial charge in [0.1, 0.15) is 6.04 Å². The van der Waals surface area contributed by atoms with Crippen LogP contribution in [0.25, 0.3) is 0 Å². The molecule has 1 aliphatic rings. The molecule has 0 spiro atoms. The van der Waals surface area contributed by atoms with E-state index in [2.05, 4.69) is 26.1 Å². The van der Waals surface area contributed by atoms with Crippen molar-refractivity contribution >= 4 is 23.6 Å². The number of rotatable bonds is 8. The molecule has 1 saturated heterocycles. The fourth-order valence-corrected chi connectivity index (χ4v) is 4.81. The lowest BCUT2D eigenvalue weighted by Gasteiger charge is -2.30. The second-order valence-corrected chi connectivity index (χ2v) is 8.72. The third-order valence-corrected chi connectivity index (χ3v) is 5.99. The molecule has 2 atom stereocenters.